The first kappa shape index (κ1) is 15.3. The molecular formula is C19H20N6O. The summed E-state index contributed by atoms with van der Waals surface area (Å²) < 4.78 is 0. The topological polar surface area (TPSA) is 78.0 Å². The predicted octanol–water partition coefficient (Wildman–Crippen LogP) is 1.78. The summed E-state index contributed by atoms with van der Waals surface area (Å²) in [5.74, 6) is 1.17. The van der Waals surface area contributed by atoms with E-state index in [9.17, 15) is 4.79 Å². The Bertz CT molecular complexity index is 925. The highest BCUT2D eigenvalue weighted by Gasteiger charge is 2.42. The van der Waals surface area contributed by atoms with Gasteiger partial charge < -0.3 is 14.8 Å². The predicted molar refractivity (Wildman–Crippen MR) is 97.7 cm³/mol. The van der Waals surface area contributed by atoms with E-state index in [0.29, 0.717) is 6.42 Å². The van der Waals surface area contributed by atoms with E-state index in [1.165, 1.54) is 0 Å². The second-order valence-corrected chi connectivity index (χ2v) is 7.07. The van der Waals surface area contributed by atoms with E-state index in [2.05, 4.69) is 29.7 Å². The van der Waals surface area contributed by atoms with Crippen LogP contribution < -0.4 is 4.90 Å². The van der Waals surface area contributed by atoms with Gasteiger partial charge in [-0.05, 0) is 30.5 Å². The third-order valence-electron chi connectivity index (χ3n) is 5.48. The van der Waals surface area contributed by atoms with Gasteiger partial charge in [0, 0.05) is 43.8 Å². The van der Waals surface area contributed by atoms with E-state index in [1.54, 1.807) is 18.7 Å². The quantitative estimate of drug-likeness (QED) is 0.781. The second kappa shape index (κ2) is 6.09. The second-order valence-electron chi connectivity index (χ2n) is 7.07. The van der Waals surface area contributed by atoms with Gasteiger partial charge in [0.15, 0.2) is 0 Å². The highest BCUT2D eigenvalue weighted by molar-refractivity contribution is 5.87. The lowest BCUT2D eigenvalue weighted by atomic mass is 10.1. The van der Waals surface area contributed by atoms with Crippen LogP contribution in [0.5, 0.6) is 0 Å². The minimum absolute atomic E-state index is 0.208. The van der Waals surface area contributed by atoms with Crippen LogP contribution in [0.1, 0.15) is 18.4 Å². The molecule has 0 saturated carbocycles. The van der Waals surface area contributed by atoms with Gasteiger partial charge in [-0.1, -0.05) is 6.07 Å². The number of nitrogens with one attached hydrogen (secondary N) is 1. The van der Waals surface area contributed by atoms with Crippen molar-refractivity contribution >= 4 is 22.8 Å². The van der Waals surface area contributed by atoms with Gasteiger partial charge in [-0.25, -0.2) is 9.97 Å². The van der Waals surface area contributed by atoms with Crippen molar-refractivity contribution in [1.29, 1.82) is 0 Å². The summed E-state index contributed by atoms with van der Waals surface area (Å²) in [5.41, 5.74) is 1.83. The summed E-state index contributed by atoms with van der Waals surface area (Å²) in [7, 11) is 0. The molecule has 0 aromatic carbocycles. The van der Waals surface area contributed by atoms with Crippen molar-refractivity contribution in [2.24, 2.45) is 0 Å². The maximum atomic E-state index is 12.9. The Morgan fingerprint density at radius 2 is 2.04 bits per heavy atom. The fourth-order valence-corrected chi connectivity index (χ4v) is 4.36. The molecule has 0 radical (unpaired) electrons. The molecule has 2 saturated heterocycles. The highest BCUT2D eigenvalue weighted by atomic mass is 16.2. The third-order valence-corrected chi connectivity index (χ3v) is 5.48. The fraction of sp³-hybridized carbons (Fsp3) is 0.368. The molecule has 132 valence electrons. The van der Waals surface area contributed by atoms with Crippen molar-refractivity contribution in [2.45, 2.75) is 31.3 Å². The molecule has 3 aromatic rings. The summed E-state index contributed by atoms with van der Waals surface area (Å²) in [6.07, 6.45) is 9.56. The zero-order chi connectivity index (χ0) is 17.5. The lowest BCUT2D eigenvalue weighted by Crippen LogP contribution is -2.56. The minimum atomic E-state index is 0.208. The molecular weight excluding hydrogens is 328 g/mol. The molecule has 2 bridgehead atoms. The molecule has 2 fully saturated rings. The number of amides is 1. The first-order chi connectivity index (χ1) is 12.8. The van der Waals surface area contributed by atoms with Gasteiger partial charge in [-0.2, -0.15) is 0 Å². The van der Waals surface area contributed by atoms with Crippen LogP contribution in [0.2, 0.25) is 0 Å². The van der Waals surface area contributed by atoms with Crippen LogP contribution in [-0.4, -0.2) is 55.9 Å². The monoisotopic (exact) mass is 348 g/mol. The molecule has 0 aliphatic carbocycles. The molecule has 7 nitrogen and oxygen atoms in total. The molecule has 1 amide bonds. The highest BCUT2D eigenvalue weighted by Crippen LogP contribution is 2.34. The van der Waals surface area contributed by atoms with Gasteiger partial charge in [-0.3, -0.25) is 9.78 Å². The number of aromatic nitrogens is 4. The summed E-state index contributed by atoms with van der Waals surface area (Å²) in [4.78, 5) is 33.4. The molecule has 7 heteroatoms. The van der Waals surface area contributed by atoms with Crippen LogP contribution in [0.15, 0.2) is 43.1 Å². The van der Waals surface area contributed by atoms with E-state index in [0.717, 1.165) is 48.3 Å². The molecule has 5 heterocycles. The van der Waals surface area contributed by atoms with Crippen LogP contribution in [-0.2, 0) is 11.2 Å². The number of hydrogen-bond donors (Lipinski definition) is 1. The number of aromatic amines is 1. The smallest absolute Gasteiger partial charge is 0.227 e. The van der Waals surface area contributed by atoms with Gasteiger partial charge >= 0.3 is 0 Å². The summed E-state index contributed by atoms with van der Waals surface area (Å²) in [5, 5.41) is 1.04. The zero-order valence-corrected chi connectivity index (χ0v) is 14.4. The van der Waals surface area contributed by atoms with Gasteiger partial charge in [0.2, 0.25) is 5.91 Å². The van der Waals surface area contributed by atoms with Gasteiger partial charge in [0.25, 0.3) is 0 Å². The number of H-pyrrole nitrogens is 1. The van der Waals surface area contributed by atoms with E-state index in [-0.39, 0.29) is 18.0 Å². The number of fused-ring (bicyclic) bond motifs is 3. The van der Waals surface area contributed by atoms with Crippen molar-refractivity contribution in [2.75, 3.05) is 18.0 Å². The molecule has 5 rings (SSSR count). The molecule has 2 aliphatic rings. The maximum Gasteiger partial charge on any atom is 0.227 e. The van der Waals surface area contributed by atoms with Crippen LogP contribution in [0, 0.1) is 0 Å². The van der Waals surface area contributed by atoms with Crippen molar-refractivity contribution in [3.63, 3.8) is 0 Å². The Balaban J connectivity index is 1.36. The summed E-state index contributed by atoms with van der Waals surface area (Å²) >= 11 is 0. The molecule has 3 aromatic heterocycles. The first-order valence-electron chi connectivity index (χ1n) is 9.03. The SMILES string of the molecule is O=C(Cc1cccnc1)N1[C@@H]2CC[C@@H]1CN(c1ncnc3[nH]ccc13)C2. The molecule has 2 atom stereocenters. The van der Waals surface area contributed by atoms with Crippen LogP contribution >= 0.6 is 0 Å². The molecule has 0 unspecified atom stereocenters. The van der Waals surface area contributed by atoms with Crippen LogP contribution in [0.3, 0.4) is 0 Å². The lowest BCUT2D eigenvalue weighted by molar-refractivity contribution is -0.133. The molecule has 1 N–H and O–H groups in total. The average Bonchev–Trinajstić information content (AvgIpc) is 3.24. The van der Waals surface area contributed by atoms with Crippen molar-refractivity contribution < 1.29 is 4.79 Å². The summed E-state index contributed by atoms with van der Waals surface area (Å²) in [6, 6.07) is 6.37. The average molecular weight is 348 g/mol. The number of rotatable bonds is 3. The minimum Gasteiger partial charge on any atom is -0.352 e. The number of pyridine rings is 1. The Kier molecular flexibility index (Phi) is 3.58. The number of anilines is 1. The first-order valence-corrected chi connectivity index (χ1v) is 9.03. The standard InChI is InChI=1S/C19H20N6O/c26-17(8-13-2-1-6-20-9-13)25-14-3-4-15(25)11-24(10-14)19-16-5-7-21-18(16)22-12-23-19/h1-2,5-7,9,12,14-15H,3-4,8,10-11H2,(H,21,22,23)/t14-,15-/m1/s1. The van der Waals surface area contributed by atoms with Gasteiger partial charge in [-0.15, -0.1) is 0 Å². The van der Waals surface area contributed by atoms with E-state index >= 15 is 0 Å². The number of carbonyl (C=O) groups is 1. The normalized spacial score (nSPS) is 22.2. The Hall–Kier alpha value is -2.96. The third kappa shape index (κ3) is 2.51. The Morgan fingerprint density at radius 1 is 1.19 bits per heavy atom. The van der Waals surface area contributed by atoms with E-state index in [1.807, 2.05) is 24.4 Å². The van der Waals surface area contributed by atoms with Gasteiger partial charge in [0.1, 0.15) is 17.8 Å². The Labute approximate surface area is 151 Å². The van der Waals surface area contributed by atoms with Crippen LogP contribution in [0.25, 0.3) is 11.0 Å². The summed E-state index contributed by atoms with van der Waals surface area (Å²) in [6.45, 7) is 1.65. The Morgan fingerprint density at radius 3 is 2.81 bits per heavy atom. The number of carbonyl (C=O) groups excluding carboxylic acids is 1. The zero-order valence-electron chi connectivity index (χ0n) is 14.4. The molecule has 26 heavy (non-hydrogen) atoms. The van der Waals surface area contributed by atoms with Crippen molar-refractivity contribution in [3.8, 4) is 0 Å². The maximum absolute atomic E-state index is 12.9. The van der Waals surface area contributed by atoms with Crippen LogP contribution in [0.4, 0.5) is 5.82 Å². The van der Waals surface area contributed by atoms with E-state index < -0.39 is 0 Å². The number of piperazine rings is 1. The number of hydrogen-bond acceptors (Lipinski definition) is 5. The van der Waals surface area contributed by atoms with Gasteiger partial charge in [0.05, 0.1) is 11.8 Å². The molecule has 2 aliphatic heterocycles. The largest absolute Gasteiger partial charge is 0.352 e. The van der Waals surface area contributed by atoms with E-state index in [4.69, 9.17) is 0 Å². The number of nitrogens with zero attached hydrogens (tertiary/aromatic N) is 5. The molecule has 0 spiro atoms. The van der Waals surface area contributed by atoms with Crippen molar-refractivity contribution in [3.05, 3.63) is 48.7 Å². The van der Waals surface area contributed by atoms with Crippen molar-refractivity contribution in [1.82, 2.24) is 24.8 Å². The fourth-order valence-electron chi connectivity index (χ4n) is 4.36. The lowest BCUT2D eigenvalue weighted by Gasteiger charge is -2.41.